The van der Waals surface area contributed by atoms with Gasteiger partial charge in [-0.1, -0.05) is 38.0 Å². The van der Waals surface area contributed by atoms with Crippen LogP contribution in [0.25, 0.3) is 11.0 Å². The molecule has 28 heavy (non-hydrogen) atoms. The van der Waals surface area contributed by atoms with Crippen LogP contribution in [0.3, 0.4) is 0 Å². The third kappa shape index (κ3) is 2.77. The van der Waals surface area contributed by atoms with Gasteiger partial charge in [-0.15, -0.1) is 0 Å². The lowest BCUT2D eigenvalue weighted by atomic mass is 9.73. The maximum atomic E-state index is 13.3. The Labute approximate surface area is 163 Å². The van der Waals surface area contributed by atoms with Gasteiger partial charge in [0.25, 0.3) is 5.91 Å². The number of fused-ring (bicyclic) bond motifs is 1. The van der Waals surface area contributed by atoms with Crippen LogP contribution in [0.5, 0.6) is 0 Å². The van der Waals surface area contributed by atoms with Crippen molar-refractivity contribution in [2.75, 3.05) is 6.61 Å². The minimum absolute atomic E-state index is 0.0235. The number of hydrogen-bond donors (Lipinski definition) is 1. The van der Waals surface area contributed by atoms with Gasteiger partial charge in [0.15, 0.2) is 0 Å². The number of ether oxygens (including phenoxy) is 1. The van der Waals surface area contributed by atoms with Crippen molar-refractivity contribution in [3.05, 3.63) is 35.6 Å². The lowest BCUT2D eigenvalue weighted by Gasteiger charge is -2.36. The molecule has 1 N–H and O–H groups in total. The van der Waals surface area contributed by atoms with Gasteiger partial charge >= 0.3 is 12.0 Å². The van der Waals surface area contributed by atoms with Crippen LogP contribution in [0.1, 0.15) is 55.6 Å². The Hall–Kier alpha value is -2.83. The van der Waals surface area contributed by atoms with E-state index in [1.807, 2.05) is 19.1 Å². The maximum Gasteiger partial charge on any atom is 0.374 e. The van der Waals surface area contributed by atoms with Gasteiger partial charge in [-0.05, 0) is 31.7 Å². The highest BCUT2D eigenvalue weighted by Gasteiger charge is 2.55. The fraction of sp³-hybridized carbons (Fsp3) is 0.476. The largest absolute Gasteiger partial charge is 0.460 e. The summed E-state index contributed by atoms with van der Waals surface area (Å²) >= 11 is 0. The molecule has 1 spiro atoms. The summed E-state index contributed by atoms with van der Waals surface area (Å²) < 4.78 is 10.8. The summed E-state index contributed by atoms with van der Waals surface area (Å²) in [5, 5.41) is 3.64. The van der Waals surface area contributed by atoms with Crippen LogP contribution in [0.4, 0.5) is 4.79 Å². The summed E-state index contributed by atoms with van der Waals surface area (Å²) in [6.07, 6.45) is 3.52. The van der Waals surface area contributed by atoms with Crippen LogP contribution >= 0.6 is 0 Å². The van der Waals surface area contributed by atoms with E-state index in [0.717, 1.165) is 19.3 Å². The van der Waals surface area contributed by atoms with Gasteiger partial charge in [-0.25, -0.2) is 9.59 Å². The minimum atomic E-state index is -0.834. The number of furan rings is 1. The van der Waals surface area contributed by atoms with Crippen molar-refractivity contribution in [2.45, 2.75) is 51.6 Å². The molecule has 2 aliphatic rings. The number of para-hydroxylation sites is 1. The standard InChI is InChI=1S/C21H24N2O5/c1-3-27-18(24)17-15(14-9-4-5-10-16(14)28-17)12-23-19(25)21(22-20(23)26)11-7-6-8-13(21)2/h4-5,9-10,13H,3,6-8,11-12H2,1-2H3,(H,22,26)/t13-,21+/m0/s1. The predicted molar refractivity (Wildman–Crippen MR) is 102 cm³/mol. The Bertz CT molecular complexity index is 949. The van der Waals surface area contributed by atoms with E-state index in [2.05, 4.69) is 5.32 Å². The van der Waals surface area contributed by atoms with Crippen LogP contribution in [-0.4, -0.2) is 35.0 Å². The normalized spacial score (nSPS) is 24.8. The Morgan fingerprint density at radius 3 is 2.86 bits per heavy atom. The zero-order valence-corrected chi connectivity index (χ0v) is 16.1. The average molecular weight is 384 g/mol. The molecule has 2 fully saturated rings. The first-order chi connectivity index (χ1) is 13.5. The highest BCUT2D eigenvalue weighted by Crippen LogP contribution is 2.39. The molecule has 4 rings (SSSR count). The molecule has 2 aromatic rings. The monoisotopic (exact) mass is 384 g/mol. The first kappa shape index (κ1) is 18.5. The van der Waals surface area contributed by atoms with E-state index in [0.29, 0.717) is 23.0 Å². The molecule has 1 saturated heterocycles. The van der Waals surface area contributed by atoms with E-state index < -0.39 is 17.5 Å². The van der Waals surface area contributed by atoms with Crippen LogP contribution in [0.2, 0.25) is 0 Å². The molecule has 1 aliphatic heterocycles. The second kappa shape index (κ2) is 6.96. The summed E-state index contributed by atoms with van der Waals surface area (Å²) in [5.74, 6) is -0.694. The highest BCUT2D eigenvalue weighted by atomic mass is 16.5. The molecule has 0 unspecified atom stereocenters. The van der Waals surface area contributed by atoms with Gasteiger partial charge in [0.1, 0.15) is 11.1 Å². The number of rotatable bonds is 4. The zero-order chi connectivity index (χ0) is 19.9. The van der Waals surface area contributed by atoms with Gasteiger partial charge < -0.3 is 14.5 Å². The Balaban J connectivity index is 1.72. The summed E-state index contributed by atoms with van der Waals surface area (Å²) in [4.78, 5) is 39.6. The fourth-order valence-electron chi connectivity index (χ4n) is 4.41. The van der Waals surface area contributed by atoms with E-state index in [1.54, 1.807) is 19.1 Å². The Morgan fingerprint density at radius 2 is 2.11 bits per heavy atom. The van der Waals surface area contributed by atoms with Crippen LogP contribution < -0.4 is 5.32 Å². The quantitative estimate of drug-likeness (QED) is 0.643. The van der Waals surface area contributed by atoms with E-state index in [4.69, 9.17) is 9.15 Å². The van der Waals surface area contributed by atoms with Crippen LogP contribution in [0, 0.1) is 5.92 Å². The molecular weight excluding hydrogens is 360 g/mol. The number of carbonyl (C=O) groups excluding carboxylic acids is 3. The van der Waals surface area contributed by atoms with Gasteiger partial charge in [0.05, 0.1) is 13.2 Å². The molecule has 2 heterocycles. The SMILES string of the molecule is CCOC(=O)c1oc2ccccc2c1CN1C(=O)N[C@@]2(CCCC[C@@H]2C)C1=O. The number of urea groups is 1. The fourth-order valence-corrected chi connectivity index (χ4v) is 4.41. The average Bonchev–Trinajstić information content (AvgIpc) is 3.16. The number of nitrogens with one attached hydrogen (secondary N) is 1. The first-order valence-electron chi connectivity index (χ1n) is 9.79. The topological polar surface area (TPSA) is 88.8 Å². The molecule has 7 heteroatoms. The summed E-state index contributed by atoms with van der Waals surface area (Å²) in [7, 11) is 0. The molecule has 3 amide bonds. The minimum Gasteiger partial charge on any atom is -0.460 e. The molecule has 1 aliphatic carbocycles. The number of amides is 3. The second-order valence-electron chi connectivity index (χ2n) is 7.57. The third-order valence-electron chi connectivity index (χ3n) is 5.98. The number of carbonyl (C=O) groups is 3. The molecule has 1 aromatic heterocycles. The molecule has 148 valence electrons. The Morgan fingerprint density at radius 1 is 1.32 bits per heavy atom. The van der Waals surface area contributed by atoms with Crippen LogP contribution in [-0.2, 0) is 16.1 Å². The van der Waals surface area contributed by atoms with Crippen molar-refractivity contribution in [1.29, 1.82) is 0 Å². The van der Waals surface area contributed by atoms with Gasteiger partial charge in [-0.3, -0.25) is 9.69 Å². The maximum absolute atomic E-state index is 13.3. The number of hydrogen-bond acceptors (Lipinski definition) is 5. The first-order valence-corrected chi connectivity index (χ1v) is 9.79. The van der Waals surface area contributed by atoms with Crippen molar-refractivity contribution >= 4 is 28.9 Å². The van der Waals surface area contributed by atoms with E-state index in [-0.39, 0.29) is 30.7 Å². The predicted octanol–water partition coefficient (Wildman–Crippen LogP) is 3.61. The number of benzene rings is 1. The van der Waals surface area contributed by atoms with Gasteiger partial charge in [-0.2, -0.15) is 0 Å². The molecule has 1 saturated carbocycles. The Kier molecular flexibility index (Phi) is 4.61. The number of imide groups is 1. The molecule has 0 radical (unpaired) electrons. The molecule has 2 atom stereocenters. The summed E-state index contributed by atoms with van der Waals surface area (Å²) in [6, 6.07) is 6.77. The van der Waals surface area contributed by atoms with Crippen molar-refractivity contribution < 1.29 is 23.5 Å². The van der Waals surface area contributed by atoms with Crippen LogP contribution in [0.15, 0.2) is 28.7 Å². The van der Waals surface area contributed by atoms with Crippen molar-refractivity contribution in [3.63, 3.8) is 0 Å². The molecule has 0 bridgehead atoms. The van der Waals surface area contributed by atoms with Crippen molar-refractivity contribution in [1.82, 2.24) is 10.2 Å². The number of nitrogens with zero attached hydrogens (tertiary/aromatic N) is 1. The molecule has 1 aromatic carbocycles. The van der Waals surface area contributed by atoms with E-state index in [9.17, 15) is 14.4 Å². The molecular formula is C21H24N2O5. The van der Waals surface area contributed by atoms with Gasteiger partial charge in [0, 0.05) is 10.9 Å². The zero-order valence-electron chi connectivity index (χ0n) is 16.1. The lowest BCUT2D eigenvalue weighted by Crippen LogP contribution is -2.53. The third-order valence-corrected chi connectivity index (χ3v) is 5.98. The molecule has 7 nitrogen and oxygen atoms in total. The van der Waals surface area contributed by atoms with Crippen molar-refractivity contribution in [3.8, 4) is 0 Å². The van der Waals surface area contributed by atoms with Crippen molar-refractivity contribution in [2.24, 2.45) is 5.92 Å². The second-order valence-corrected chi connectivity index (χ2v) is 7.57. The summed E-state index contributed by atoms with van der Waals surface area (Å²) in [5.41, 5.74) is 0.185. The smallest absolute Gasteiger partial charge is 0.374 e. The lowest BCUT2D eigenvalue weighted by molar-refractivity contribution is -0.134. The van der Waals surface area contributed by atoms with E-state index in [1.165, 1.54) is 4.90 Å². The van der Waals surface area contributed by atoms with E-state index >= 15 is 0 Å². The summed E-state index contributed by atoms with van der Waals surface area (Å²) in [6.45, 7) is 3.91. The highest BCUT2D eigenvalue weighted by molar-refractivity contribution is 6.08. The number of esters is 1. The van der Waals surface area contributed by atoms with Gasteiger partial charge in [0.2, 0.25) is 5.76 Å².